The topological polar surface area (TPSA) is 0 Å². The molecule has 0 heterocycles. The first-order valence-corrected chi connectivity index (χ1v) is 33.1. The van der Waals surface area contributed by atoms with Gasteiger partial charge in [-0.2, -0.15) is 0 Å². The van der Waals surface area contributed by atoms with Crippen molar-refractivity contribution in [3.05, 3.63) is 0 Å². The predicted molar refractivity (Wildman–Crippen MR) is 291 cm³/mol. The average Bonchev–Trinajstić information content (AvgIpc) is 3.27. The van der Waals surface area contributed by atoms with Crippen molar-refractivity contribution in [2.24, 2.45) is 0 Å². The minimum absolute atomic E-state index is 1.20. The molecule has 0 radical (unpaired) electrons. The zero-order chi connectivity index (χ0) is 44.1. The van der Waals surface area contributed by atoms with Crippen LogP contribution in [0, 0.1) is 0 Å². The third-order valence-corrected chi connectivity index (χ3v) is 20.9. The molecule has 0 aliphatic heterocycles. The third kappa shape index (κ3) is 49.7. The summed E-state index contributed by atoms with van der Waals surface area (Å²) in [6.45, 7) is 9.35. The Hall–Kier alpha value is 0.430. The van der Waals surface area contributed by atoms with E-state index in [1.165, 1.54) is 283 Å². The van der Waals surface area contributed by atoms with Gasteiger partial charge in [0.05, 0.1) is 0 Å². The molecule has 0 aromatic heterocycles. The summed E-state index contributed by atoms with van der Waals surface area (Å²) >= 11 is 0. The Labute approximate surface area is 391 Å². The van der Waals surface area contributed by atoms with Gasteiger partial charge in [0.25, 0.3) is 0 Å². The van der Waals surface area contributed by atoms with Crippen LogP contribution in [0.3, 0.4) is 0 Å². The van der Waals surface area contributed by atoms with Crippen molar-refractivity contribution >= 4 is 7.26 Å². The fraction of sp³-hybridized carbons (Fsp3) is 1.00. The van der Waals surface area contributed by atoms with Crippen LogP contribution in [0.4, 0.5) is 0 Å². The number of unbranched alkanes of at least 4 members (excludes halogenated alkanes) is 48. The van der Waals surface area contributed by atoms with Gasteiger partial charge in [0, 0.05) is 0 Å². The van der Waals surface area contributed by atoms with Gasteiger partial charge in [-0.25, -0.2) is 0 Å². The van der Waals surface area contributed by atoms with E-state index >= 15 is 0 Å². The van der Waals surface area contributed by atoms with Gasteiger partial charge in [-0.05, 0) is 0 Å². The average molecular weight is 878 g/mol. The predicted octanol–water partition coefficient (Wildman–Crippen LogP) is 23.1. The van der Waals surface area contributed by atoms with Crippen molar-refractivity contribution in [2.75, 3.05) is 24.6 Å². The van der Waals surface area contributed by atoms with Crippen molar-refractivity contribution < 1.29 is 0 Å². The van der Waals surface area contributed by atoms with E-state index < -0.39 is 7.26 Å². The standard InChI is InChI=1S/C60H125P/c1-5-9-13-17-21-25-29-33-37-41-45-49-53-57-61(58-54-50-46-42-38-34-30-26-22-18-14-10-6-2,59-55-51-47-43-39-35-31-27-23-19-15-11-7-3)60-56-52-48-44-40-36-32-28-24-20-16-12-8-4/h61H,5-60H2,1-4H3. The first-order valence-electron chi connectivity index (χ1n) is 30.2. The molecule has 0 saturated carbocycles. The van der Waals surface area contributed by atoms with E-state index in [9.17, 15) is 0 Å². The molecular weight excluding hydrogens is 752 g/mol. The zero-order valence-corrected chi connectivity index (χ0v) is 45.1. The van der Waals surface area contributed by atoms with Crippen molar-refractivity contribution in [3.63, 3.8) is 0 Å². The summed E-state index contributed by atoms with van der Waals surface area (Å²) in [6.07, 6.45) is 84.5. The minimum atomic E-state index is -1.20. The third-order valence-electron chi connectivity index (χ3n) is 15.2. The van der Waals surface area contributed by atoms with Gasteiger partial charge >= 0.3 is 314 Å². The van der Waals surface area contributed by atoms with Crippen LogP contribution in [0.1, 0.15) is 362 Å². The molecule has 0 spiro atoms. The molecule has 0 aliphatic rings. The second kappa shape index (κ2) is 54.8. The van der Waals surface area contributed by atoms with Crippen LogP contribution in [0.25, 0.3) is 0 Å². The monoisotopic (exact) mass is 877 g/mol. The number of hydrogen-bond donors (Lipinski definition) is 0. The van der Waals surface area contributed by atoms with Gasteiger partial charge < -0.3 is 0 Å². The SMILES string of the molecule is CCCCCCCCCCCCCCC[PH](CCCCCCCCCCCCCCC)(CCCCCCCCCCCCCCC)CCCCCCCCCCCCCCC. The van der Waals surface area contributed by atoms with Gasteiger partial charge in [0.2, 0.25) is 0 Å². The molecule has 0 bridgehead atoms. The Bertz CT molecular complexity index is 618. The van der Waals surface area contributed by atoms with E-state index in [-0.39, 0.29) is 0 Å². The van der Waals surface area contributed by atoms with E-state index in [2.05, 4.69) is 27.7 Å². The van der Waals surface area contributed by atoms with Gasteiger partial charge in [0.15, 0.2) is 0 Å². The van der Waals surface area contributed by atoms with E-state index in [4.69, 9.17) is 0 Å². The van der Waals surface area contributed by atoms with Gasteiger partial charge in [-0.15, -0.1) is 0 Å². The van der Waals surface area contributed by atoms with E-state index in [1.807, 2.05) is 0 Å². The Kier molecular flexibility index (Phi) is 55.1. The summed E-state index contributed by atoms with van der Waals surface area (Å²) in [5.41, 5.74) is 0. The fourth-order valence-corrected chi connectivity index (χ4v) is 16.3. The number of hydrogen-bond acceptors (Lipinski definition) is 0. The van der Waals surface area contributed by atoms with Crippen LogP contribution in [0.5, 0.6) is 0 Å². The maximum absolute atomic E-state index is 2.34. The smallest absolute Gasteiger partial charge is 0.0654 e. The van der Waals surface area contributed by atoms with Crippen LogP contribution in [0.2, 0.25) is 0 Å². The Morgan fingerprint density at radius 1 is 0.131 bits per heavy atom. The van der Waals surface area contributed by atoms with Crippen molar-refractivity contribution in [3.8, 4) is 0 Å². The normalized spacial score (nSPS) is 12.3. The summed E-state index contributed by atoms with van der Waals surface area (Å²) in [7, 11) is -1.20. The van der Waals surface area contributed by atoms with Gasteiger partial charge in [-0.3, -0.25) is 0 Å². The van der Waals surface area contributed by atoms with Crippen molar-refractivity contribution in [1.29, 1.82) is 0 Å². The molecule has 0 amide bonds. The quantitative estimate of drug-likeness (QED) is 0.0422. The van der Waals surface area contributed by atoms with Crippen LogP contribution in [-0.2, 0) is 0 Å². The van der Waals surface area contributed by atoms with E-state index in [0.717, 1.165) is 0 Å². The molecule has 0 aliphatic carbocycles. The molecule has 0 aromatic carbocycles. The van der Waals surface area contributed by atoms with Crippen LogP contribution in [0.15, 0.2) is 0 Å². The van der Waals surface area contributed by atoms with Gasteiger partial charge in [-0.1, -0.05) is 79.1 Å². The molecule has 370 valence electrons. The summed E-state index contributed by atoms with van der Waals surface area (Å²) < 4.78 is 0. The zero-order valence-electron chi connectivity index (χ0n) is 44.1. The molecule has 0 rings (SSSR count). The molecule has 0 saturated heterocycles. The Morgan fingerprint density at radius 2 is 0.230 bits per heavy atom. The second-order valence-electron chi connectivity index (χ2n) is 21.5. The molecule has 0 nitrogen and oxygen atoms in total. The molecule has 0 N–H and O–H groups in total. The summed E-state index contributed by atoms with van der Waals surface area (Å²) in [5.74, 6) is 0. The molecule has 0 aromatic rings. The van der Waals surface area contributed by atoms with Crippen LogP contribution >= 0.6 is 7.26 Å². The van der Waals surface area contributed by atoms with Crippen molar-refractivity contribution in [2.45, 2.75) is 362 Å². The van der Waals surface area contributed by atoms with Gasteiger partial charge in [0.1, 0.15) is 0 Å². The summed E-state index contributed by atoms with van der Waals surface area (Å²) in [6, 6.07) is 0. The molecule has 0 fully saturated rings. The van der Waals surface area contributed by atoms with Crippen LogP contribution in [-0.4, -0.2) is 24.6 Å². The molecule has 61 heavy (non-hydrogen) atoms. The molecule has 1 heteroatoms. The minimum Gasteiger partial charge on any atom is -0.0654 e. The Balaban J connectivity index is 4.92. The second-order valence-corrected chi connectivity index (χ2v) is 26.5. The first kappa shape index (κ1) is 61.4. The fourth-order valence-electron chi connectivity index (χ4n) is 10.8. The molecular formula is C60H125P. The Morgan fingerprint density at radius 3 is 0.344 bits per heavy atom. The summed E-state index contributed by atoms with van der Waals surface area (Å²) in [4.78, 5) is 0. The van der Waals surface area contributed by atoms with Crippen molar-refractivity contribution in [1.82, 2.24) is 0 Å². The summed E-state index contributed by atoms with van der Waals surface area (Å²) in [5, 5.41) is 0. The maximum atomic E-state index is 2.34. The van der Waals surface area contributed by atoms with E-state index in [0.29, 0.717) is 0 Å². The van der Waals surface area contributed by atoms with E-state index in [1.54, 1.807) is 76.0 Å². The molecule has 0 unspecified atom stereocenters. The number of rotatable bonds is 56. The molecule has 0 atom stereocenters. The van der Waals surface area contributed by atoms with Crippen LogP contribution < -0.4 is 0 Å². The first-order chi connectivity index (χ1) is 30.2.